The SMILES string of the molecule is C.CCCC1c2cc(OC)c(C)cc2CCN1C(=O)C(F)(F)F. The number of fused-ring (bicyclic) bond motifs is 1. The fraction of sp³-hybridized carbons (Fsp3) is 0.588. The predicted molar refractivity (Wildman–Crippen MR) is 83.6 cm³/mol. The highest BCUT2D eigenvalue weighted by atomic mass is 19.4. The fourth-order valence-corrected chi connectivity index (χ4v) is 3.07. The summed E-state index contributed by atoms with van der Waals surface area (Å²) in [5, 5.41) is 0. The molecule has 0 spiro atoms. The Morgan fingerprint density at radius 3 is 2.57 bits per heavy atom. The number of benzene rings is 1. The van der Waals surface area contributed by atoms with Crippen molar-refractivity contribution in [3.8, 4) is 5.75 Å². The Hall–Kier alpha value is -1.72. The summed E-state index contributed by atoms with van der Waals surface area (Å²) in [5.74, 6) is -1.11. The molecule has 0 fully saturated rings. The number of methoxy groups -OCH3 is 1. The molecule has 0 saturated heterocycles. The molecule has 1 unspecified atom stereocenters. The van der Waals surface area contributed by atoms with Crippen LogP contribution < -0.4 is 4.74 Å². The number of hydrogen-bond acceptors (Lipinski definition) is 2. The van der Waals surface area contributed by atoms with Crippen LogP contribution in [0.25, 0.3) is 0 Å². The van der Waals surface area contributed by atoms with Crippen molar-refractivity contribution in [1.82, 2.24) is 4.90 Å². The average Bonchev–Trinajstić information content (AvgIpc) is 2.45. The predicted octanol–water partition coefficient (Wildman–Crippen LogP) is 4.43. The lowest BCUT2D eigenvalue weighted by atomic mass is 9.88. The van der Waals surface area contributed by atoms with Crippen LogP contribution in [-0.2, 0) is 11.2 Å². The van der Waals surface area contributed by atoms with Gasteiger partial charge in [0.15, 0.2) is 0 Å². The van der Waals surface area contributed by atoms with Gasteiger partial charge in [0.2, 0.25) is 0 Å². The number of halogens is 3. The van der Waals surface area contributed by atoms with Gasteiger partial charge in [-0.1, -0.05) is 26.8 Å². The number of carbonyl (C=O) groups excluding carboxylic acids is 1. The molecule has 0 N–H and O–H groups in total. The van der Waals surface area contributed by atoms with E-state index in [9.17, 15) is 18.0 Å². The molecule has 1 heterocycles. The minimum atomic E-state index is -4.84. The first-order chi connectivity index (χ1) is 10.3. The van der Waals surface area contributed by atoms with Crippen molar-refractivity contribution in [2.24, 2.45) is 0 Å². The molecule has 1 aromatic carbocycles. The van der Waals surface area contributed by atoms with Crippen LogP contribution >= 0.6 is 0 Å². The van der Waals surface area contributed by atoms with E-state index in [0.717, 1.165) is 21.6 Å². The molecular formula is C17H24F3NO2. The van der Waals surface area contributed by atoms with Gasteiger partial charge in [-0.2, -0.15) is 13.2 Å². The number of aryl methyl sites for hydroxylation is 1. The van der Waals surface area contributed by atoms with Crippen molar-refractivity contribution in [1.29, 1.82) is 0 Å². The summed E-state index contributed by atoms with van der Waals surface area (Å²) in [4.78, 5) is 12.7. The fourth-order valence-electron chi connectivity index (χ4n) is 3.07. The molecule has 1 aliphatic heterocycles. The van der Waals surface area contributed by atoms with Crippen LogP contribution in [0.1, 0.15) is 49.9 Å². The lowest BCUT2D eigenvalue weighted by Crippen LogP contribution is -2.46. The minimum Gasteiger partial charge on any atom is -0.496 e. The smallest absolute Gasteiger partial charge is 0.471 e. The maximum absolute atomic E-state index is 12.8. The number of alkyl halides is 3. The van der Waals surface area contributed by atoms with Crippen LogP contribution in [-0.4, -0.2) is 30.6 Å². The van der Waals surface area contributed by atoms with Crippen molar-refractivity contribution in [2.75, 3.05) is 13.7 Å². The number of amides is 1. The first-order valence-electron chi connectivity index (χ1n) is 7.34. The maximum atomic E-state index is 12.8. The van der Waals surface area contributed by atoms with Crippen molar-refractivity contribution in [2.45, 2.75) is 52.8 Å². The summed E-state index contributed by atoms with van der Waals surface area (Å²) >= 11 is 0. The third-order valence-electron chi connectivity index (χ3n) is 4.08. The van der Waals surface area contributed by atoms with Crippen LogP contribution in [0, 0.1) is 6.92 Å². The average molecular weight is 331 g/mol. The molecule has 0 aliphatic carbocycles. The molecule has 6 heteroatoms. The van der Waals surface area contributed by atoms with Crippen LogP contribution in [0.5, 0.6) is 5.75 Å². The lowest BCUT2D eigenvalue weighted by Gasteiger charge is -2.38. The van der Waals surface area contributed by atoms with Gasteiger partial charge in [-0.15, -0.1) is 0 Å². The van der Waals surface area contributed by atoms with Gasteiger partial charge in [-0.25, -0.2) is 0 Å². The Kier molecular flexibility index (Phi) is 6.08. The van der Waals surface area contributed by atoms with E-state index in [1.807, 2.05) is 19.9 Å². The van der Waals surface area contributed by atoms with Gasteiger partial charge in [-0.3, -0.25) is 4.79 Å². The molecule has 0 radical (unpaired) electrons. The molecule has 130 valence electrons. The van der Waals surface area contributed by atoms with E-state index in [-0.39, 0.29) is 14.0 Å². The standard InChI is InChI=1S/C16H20F3NO2.CH4/c1-4-5-13-12-9-14(22-3)10(2)8-11(12)6-7-20(13)15(21)16(17,18)19;/h8-9,13H,4-7H2,1-3H3;1H4. The van der Waals surface area contributed by atoms with Gasteiger partial charge in [0.1, 0.15) is 5.75 Å². The highest BCUT2D eigenvalue weighted by molar-refractivity contribution is 5.82. The number of hydrogen-bond donors (Lipinski definition) is 0. The van der Waals surface area contributed by atoms with Gasteiger partial charge in [-0.05, 0) is 42.5 Å². The second-order valence-electron chi connectivity index (χ2n) is 5.57. The molecular weight excluding hydrogens is 307 g/mol. The molecule has 0 saturated carbocycles. The third-order valence-corrected chi connectivity index (χ3v) is 4.08. The van der Waals surface area contributed by atoms with Crippen LogP contribution in [0.15, 0.2) is 12.1 Å². The van der Waals surface area contributed by atoms with Gasteiger partial charge in [0.25, 0.3) is 0 Å². The summed E-state index contributed by atoms with van der Waals surface area (Å²) in [7, 11) is 1.53. The molecule has 0 aromatic heterocycles. The Morgan fingerprint density at radius 2 is 2.04 bits per heavy atom. The summed E-state index contributed by atoms with van der Waals surface area (Å²) in [6.45, 7) is 3.90. The summed E-state index contributed by atoms with van der Waals surface area (Å²) in [6, 6.07) is 3.19. The van der Waals surface area contributed by atoms with E-state index in [1.54, 1.807) is 6.07 Å². The zero-order valence-corrected chi connectivity index (χ0v) is 13.0. The number of ether oxygens (including phenoxy) is 1. The van der Waals surface area contributed by atoms with Crippen molar-refractivity contribution in [3.05, 3.63) is 28.8 Å². The third kappa shape index (κ3) is 3.79. The van der Waals surface area contributed by atoms with E-state index in [0.29, 0.717) is 25.0 Å². The zero-order valence-electron chi connectivity index (χ0n) is 13.0. The van der Waals surface area contributed by atoms with Crippen LogP contribution in [0.2, 0.25) is 0 Å². The lowest BCUT2D eigenvalue weighted by molar-refractivity contribution is -0.188. The molecule has 3 nitrogen and oxygen atoms in total. The normalized spacial score (nSPS) is 17.3. The first-order valence-corrected chi connectivity index (χ1v) is 7.34. The van der Waals surface area contributed by atoms with E-state index >= 15 is 0 Å². The Morgan fingerprint density at radius 1 is 1.39 bits per heavy atom. The minimum absolute atomic E-state index is 0. The van der Waals surface area contributed by atoms with E-state index in [1.165, 1.54) is 7.11 Å². The van der Waals surface area contributed by atoms with Crippen LogP contribution in [0.4, 0.5) is 13.2 Å². The van der Waals surface area contributed by atoms with Gasteiger partial charge < -0.3 is 9.64 Å². The molecule has 1 aromatic rings. The molecule has 1 amide bonds. The van der Waals surface area contributed by atoms with E-state index in [2.05, 4.69) is 0 Å². The molecule has 0 bridgehead atoms. The topological polar surface area (TPSA) is 29.5 Å². The van der Waals surface area contributed by atoms with E-state index < -0.39 is 18.1 Å². The highest BCUT2D eigenvalue weighted by Gasteiger charge is 2.46. The second-order valence-corrected chi connectivity index (χ2v) is 5.57. The molecule has 1 atom stereocenters. The Bertz CT molecular complexity index is 570. The maximum Gasteiger partial charge on any atom is 0.471 e. The second kappa shape index (κ2) is 7.23. The zero-order chi connectivity index (χ0) is 16.5. The van der Waals surface area contributed by atoms with Crippen molar-refractivity contribution in [3.63, 3.8) is 0 Å². The monoisotopic (exact) mass is 331 g/mol. The summed E-state index contributed by atoms with van der Waals surface area (Å²) in [5.41, 5.74) is 2.73. The van der Waals surface area contributed by atoms with Gasteiger partial charge in [0, 0.05) is 6.54 Å². The first kappa shape index (κ1) is 19.3. The van der Waals surface area contributed by atoms with Crippen molar-refractivity contribution < 1.29 is 22.7 Å². The largest absolute Gasteiger partial charge is 0.496 e. The molecule has 23 heavy (non-hydrogen) atoms. The number of nitrogens with zero attached hydrogens (tertiary/aromatic N) is 1. The van der Waals surface area contributed by atoms with Crippen molar-refractivity contribution >= 4 is 5.91 Å². The highest BCUT2D eigenvalue weighted by Crippen LogP contribution is 2.38. The quantitative estimate of drug-likeness (QED) is 0.820. The Labute approximate surface area is 135 Å². The molecule has 1 aliphatic rings. The Balaban J connectivity index is 0.00000264. The summed E-state index contributed by atoms with van der Waals surface area (Å²) in [6.07, 6.45) is -3.20. The van der Waals surface area contributed by atoms with E-state index in [4.69, 9.17) is 4.74 Å². The van der Waals surface area contributed by atoms with Crippen LogP contribution in [0.3, 0.4) is 0 Å². The summed E-state index contributed by atoms with van der Waals surface area (Å²) < 4.78 is 43.7. The number of carbonyl (C=O) groups is 1. The van der Waals surface area contributed by atoms with Gasteiger partial charge in [0.05, 0.1) is 13.2 Å². The van der Waals surface area contributed by atoms with Gasteiger partial charge >= 0.3 is 12.1 Å². The number of rotatable bonds is 3. The molecule has 2 rings (SSSR count).